The Labute approximate surface area is 313 Å². The van der Waals surface area contributed by atoms with Gasteiger partial charge in [-0.25, -0.2) is 9.78 Å². The van der Waals surface area contributed by atoms with Crippen LogP contribution in [0.5, 0.6) is 5.75 Å². The molecule has 55 heavy (non-hydrogen) atoms. The maximum Gasteiger partial charge on any atom is 0.433 e. The number of aryl methyl sites for hydroxylation is 2. The molecule has 13 nitrogen and oxygen atoms in total. The number of halogens is 3. The zero-order chi connectivity index (χ0) is 38.8. The van der Waals surface area contributed by atoms with E-state index in [0.717, 1.165) is 85.0 Å². The van der Waals surface area contributed by atoms with Crippen molar-refractivity contribution in [3.05, 3.63) is 81.7 Å². The van der Waals surface area contributed by atoms with Crippen molar-refractivity contribution in [1.82, 2.24) is 34.1 Å². The van der Waals surface area contributed by atoms with Gasteiger partial charge in [0.05, 0.1) is 35.4 Å². The number of carbonyl (C=O) groups excluding carboxylic acids is 3. The Balaban J connectivity index is 0.899. The van der Waals surface area contributed by atoms with Crippen LogP contribution in [0.4, 0.5) is 18.9 Å². The highest BCUT2D eigenvalue weighted by atomic mass is 19.4. The molecule has 3 aliphatic rings. The second-order valence-electron chi connectivity index (χ2n) is 15.0. The van der Waals surface area contributed by atoms with Crippen LogP contribution in [-0.2, 0) is 22.8 Å². The summed E-state index contributed by atoms with van der Waals surface area (Å²) in [6.45, 7) is 4.91. The quantitative estimate of drug-likeness (QED) is 0.198. The molecular weight excluding hydrogens is 717 g/mol. The van der Waals surface area contributed by atoms with Gasteiger partial charge in [0.25, 0.3) is 5.91 Å². The van der Waals surface area contributed by atoms with E-state index in [1.807, 2.05) is 23.0 Å². The summed E-state index contributed by atoms with van der Waals surface area (Å²) in [6.07, 6.45) is 1.56. The van der Waals surface area contributed by atoms with Crippen LogP contribution in [0, 0.1) is 12.8 Å². The zero-order valence-corrected chi connectivity index (χ0v) is 30.7. The van der Waals surface area contributed by atoms with Gasteiger partial charge in [0.15, 0.2) is 0 Å². The van der Waals surface area contributed by atoms with E-state index in [1.54, 1.807) is 28.3 Å². The van der Waals surface area contributed by atoms with Crippen LogP contribution in [0.15, 0.2) is 53.5 Å². The van der Waals surface area contributed by atoms with E-state index in [0.29, 0.717) is 29.3 Å². The van der Waals surface area contributed by atoms with E-state index in [9.17, 15) is 32.3 Å². The molecule has 288 valence electrons. The van der Waals surface area contributed by atoms with Crippen LogP contribution < -0.4 is 21.1 Å². The van der Waals surface area contributed by atoms with Crippen LogP contribution in [0.1, 0.15) is 83.8 Å². The van der Waals surface area contributed by atoms with Crippen molar-refractivity contribution < 1.29 is 32.3 Å². The van der Waals surface area contributed by atoms with Crippen LogP contribution in [0.25, 0.3) is 21.9 Å². The number of hydrogen-bond donors (Lipinski definition) is 2. The molecule has 1 aliphatic carbocycles. The summed E-state index contributed by atoms with van der Waals surface area (Å²) in [4.78, 5) is 56.9. The number of nitrogens with one attached hydrogen (secondary N) is 2. The standard InChI is InChI=1S/C39H41F3N8O5/c1-21-7-8-29-35(47(2)38(54)50(29)30-9-10-33(51)45-37(30)53)34(21)23-11-13-48(14-12-23)19-22-15-25(16-22)49-20-24-17-28(31(55-3)18-27(24)46-49)44-36(52)26-5-4-6-32(43-26)39(40,41)42/h4-8,17-18,20,22-23,25,30H,9-16,19H2,1-3H3,(H,44,52)(H,45,51,53). The summed E-state index contributed by atoms with van der Waals surface area (Å²) in [5.41, 5.74) is 3.08. The number of piperidine rings is 2. The molecule has 5 heterocycles. The Bertz CT molecular complexity index is 2400. The Morgan fingerprint density at radius 2 is 1.82 bits per heavy atom. The highest BCUT2D eigenvalue weighted by Gasteiger charge is 2.36. The molecule has 3 amide bonds. The van der Waals surface area contributed by atoms with Gasteiger partial charge in [-0.3, -0.25) is 33.5 Å². The number of amides is 3. The lowest BCUT2D eigenvalue weighted by Crippen LogP contribution is -2.44. The van der Waals surface area contributed by atoms with E-state index in [2.05, 4.69) is 27.4 Å². The van der Waals surface area contributed by atoms with E-state index in [4.69, 9.17) is 9.84 Å². The molecule has 8 rings (SSSR count). The van der Waals surface area contributed by atoms with Gasteiger partial charge in [0.1, 0.15) is 23.2 Å². The first-order valence-corrected chi connectivity index (χ1v) is 18.5. The third-order valence-corrected chi connectivity index (χ3v) is 11.5. The molecule has 2 aromatic carbocycles. The summed E-state index contributed by atoms with van der Waals surface area (Å²) in [6, 6.07) is 10.0. The molecule has 2 saturated heterocycles. The molecule has 2 aliphatic heterocycles. The number of pyridine rings is 1. The number of anilines is 1. The maximum atomic E-state index is 13.5. The normalized spacial score (nSPS) is 21.2. The number of hydrogen-bond acceptors (Lipinski definition) is 8. The SMILES string of the molecule is COc1cc2nn(C3CC(CN4CCC(c5c(C)ccc6c5n(C)c(=O)n6C5CCC(=O)NC5=O)CC4)C3)cc2cc1NC(=O)c1cccc(C(F)(F)F)n1. The third kappa shape index (κ3) is 6.76. The zero-order valence-electron chi connectivity index (χ0n) is 30.7. The number of rotatable bonds is 8. The number of nitrogens with zero attached hydrogens (tertiary/aromatic N) is 6. The fourth-order valence-electron chi connectivity index (χ4n) is 8.62. The summed E-state index contributed by atoms with van der Waals surface area (Å²) in [5.74, 6) is -0.440. The lowest BCUT2D eigenvalue weighted by molar-refractivity contribution is -0.141. The molecule has 3 aromatic heterocycles. The molecule has 1 unspecified atom stereocenters. The topological polar surface area (TPSA) is 145 Å². The number of aromatic nitrogens is 5. The van der Waals surface area contributed by atoms with E-state index in [-0.39, 0.29) is 35.7 Å². The van der Waals surface area contributed by atoms with Crippen molar-refractivity contribution in [3.63, 3.8) is 0 Å². The molecular formula is C39H41F3N8O5. The number of imidazole rings is 1. The molecule has 3 fully saturated rings. The van der Waals surface area contributed by atoms with Crippen molar-refractivity contribution in [3.8, 4) is 5.75 Å². The van der Waals surface area contributed by atoms with Crippen molar-refractivity contribution in [2.75, 3.05) is 32.1 Å². The molecule has 2 N–H and O–H groups in total. The van der Waals surface area contributed by atoms with Crippen molar-refractivity contribution in [2.45, 2.75) is 69.6 Å². The van der Waals surface area contributed by atoms with E-state index >= 15 is 0 Å². The number of imide groups is 1. The summed E-state index contributed by atoms with van der Waals surface area (Å²) in [5, 5.41) is 10.6. The maximum absolute atomic E-state index is 13.5. The van der Waals surface area contributed by atoms with Gasteiger partial charge in [-0.05, 0) is 99.3 Å². The van der Waals surface area contributed by atoms with Crippen molar-refractivity contribution >= 4 is 45.3 Å². The van der Waals surface area contributed by atoms with E-state index in [1.165, 1.54) is 13.2 Å². The van der Waals surface area contributed by atoms with Crippen molar-refractivity contribution in [1.29, 1.82) is 0 Å². The van der Waals surface area contributed by atoms with Crippen LogP contribution >= 0.6 is 0 Å². The third-order valence-electron chi connectivity index (χ3n) is 11.5. The van der Waals surface area contributed by atoms with Gasteiger partial charge < -0.3 is 15.0 Å². The average Bonchev–Trinajstić information content (AvgIpc) is 3.66. The minimum atomic E-state index is -4.67. The number of carbonyl (C=O) groups is 3. The minimum Gasteiger partial charge on any atom is -0.494 e. The number of methoxy groups -OCH3 is 1. The van der Waals surface area contributed by atoms with Crippen LogP contribution in [-0.4, -0.2) is 73.3 Å². The Morgan fingerprint density at radius 1 is 1.05 bits per heavy atom. The van der Waals surface area contributed by atoms with Gasteiger partial charge in [-0.2, -0.15) is 18.3 Å². The number of fused-ring (bicyclic) bond motifs is 2. The molecule has 1 saturated carbocycles. The number of ether oxygens (including phenoxy) is 1. The first-order valence-electron chi connectivity index (χ1n) is 18.5. The van der Waals surface area contributed by atoms with Gasteiger partial charge in [0.2, 0.25) is 11.8 Å². The van der Waals surface area contributed by atoms with Crippen LogP contribution in [0.2, 0.25) is 0 Å². The van der Waals surface area contributed by atoms with Gasteiger partial charge in [0, 0.05) is 37.7 Å². The molecule has 0 spiro atoms. The lowest BCUT2D eigenvalue weighted by Gasteiger charge is -2.41. The molecule has 0 radical (unpaired) electrons. The predicted molar refractivity (Wildman–Crippen MR) is 197 cm³/mol. The Kier molecular flexibility index (Phi) is 9.26. The highest BCUT2D eigenvalue weighted by Crippen LogP contribution is 2.41. The molecule has 16 heteroatoms. The number of benzene rings is 2. The molecule has 1 atom stereocenters. The average molecular weight is 759 g/mol. The predicted octanol–water partition coefficient (Wildman–Crippen LogP) is 5.48. The smallest absolute Gasteiger partial charge is 0.433 e. The monoisotopic (exact) mass is 758 g/mol. The summed E-state index contributed by atoms with van der Waals surface area (Å²) < 4.78 is 50.1. The lowest BCUT2D eigenvalue weighted by atomic mass is 9.79. The fourth-order valence-corrected chi connectivity index (χ4v) is 8.62. The van der Waals surface area contributed by atoms with Gasteiger partial charge in [-0.1, -0.05) is 12.1 Å². The first-order chi connectivity index (χ1) is 26.3. The van der Waals surface area contributed by atoms with Gasteiger partial charge in [-0.15, -0.1) is 0 Å². The number of likely N-dealkylation sites (tertiary alicyclic amines) is 1. The second kappa shape index (κ2) is 14.0. The summed E-state index contributed by atoms with van der Waals surface area (Å²) in [7, 11) is 3.20. The Hall–Kier alpha value is -5.51. The fraction of sp³-hybridized carbons (Fsp3) is 0.436. The summed E-state index contributed by atoms with van der Waals surface area (Å²) >= 11 is 0. The Morgan fingerprint density at radius 3 is 2.53 bits per heavy atom. The highest BCUT2D eigenvalue weighted by molar-refractivity contribution is 6.05. The largest absolute Gasteiger partial charge is 0.494 e. The number of alkyl halides is 3. The second-order valence-corrected chi connectivity index (χ2v) is 15.0. The molecule has 5 aromatic rings. The van der Waals surface area contributed by atoms with Gasteiger partial charge >= 0.3 is 11.9 Å². The van der Waals surface area contributed by atoms with Crippen LogP contribution in [0.3, 0.4) is 0 Å². The minimum absolute atomic E-state index is 0.198. The molecule has 0 bridgehead atoms. The first kappa shape index (κ1) is 36.5. The van der Waals surface area contributed by atoms with E-state index < -0.39 is 29.7 Å². The van der Waals surface area contributed by atoms with Crippen molar-refractivity contribution in [2.24, 2.45) is 13.0 Å².